The second-order valence-corrected chi connectivity index (χ2v) is 3.32. The molecular formula is C11H15N3O. The smallest absolute Gasteiger partial charge is 0.125 e. The fraction of sp³-hybridized carbons (Fsp3) is 0.455. The third-order valence-corrected chi connectivity index (χ3v) is 2.15. The van der Waals surface area contributed by atoms with Crippen molar-refractivity contribution in [1.29, 1.82) is 5.26 Å². The molecule has 15 heavy (non-hydrogen) atoms. The van der Waals surface area contributed by atoms with E-state index in [9.17, 15) is 5.11 Å². The van der Waals surface area contributed by atoms with Crippen LogP contribution in [0, 0.1) is 11.3 Å². The molecule has 0 aliphatic rings. The summed E-state index contributed by atoms with van der Waals surface area (Å²) in [4.78, 5) is 4.06. The van der Waals surface area contributed by atoms with Crippen LogP contribution in [0.5, 0.6) is 0 Å². The average molecular weight is 205 g/mol. The summed E-state index contributed by atoms with van der Waals surface area (Å²) in [7, 11) is 0. The summed E-state index contributed by atoms with van der Waals surface area (Å²) in [6, 6.07) is 5.48. The zero-order valence-electron chi connectivity index (χ0n) is 8.77. The summed E-state index contributed by atoms with van der Waals surface area (Å²) in [5.41, 5.74) is 0.550. The number of nitrogens with zero attached hydrogens (tertiary/aromatic N) is 2. The van der Waals surface area contributed by atoms with Crippen LogP contribution in [0.2, 0.25) is 0 Å². The zero-order valence-corrected chi connectivity index (χ0v) is 8.77. The molecule has 0 aliphatic carbocycles. The van der Waals surface area contributed by atoms with Gasteiger partial charge in [0.2, 0.25) is 0 Å². The van der Waals surface area contributed by atoms with Crippen molar-refractivity contribution in [2.45, 2.75) is 25.9 Å². The van der Waals surface area contributed by atoms with Gasteiger partial charge in [-0.25, -0.2) is 4.98 Å². The number of anilines is 1. The largest absolute Gasteiger partial charge is 0.393 e. The lowest BCUT2D eigenvalue weighted by atomic mass is 10.2. The minimum atomic E-state index is -0.254. The molecule has 1 aromatic heterocycles. The molecule has 0 aromatic carbocycles. The molecule has 0 saturated heterocycles. The Kier molecular flexibility index (Phi) is 4.58. The number of rotatable bonds is 5. The molecule has 0 amide bonds. The molecule has 1 rings (SSSR count). The van der Waals surface area contributed by atoms with E-state index < -0.39 is 0 Å². The Morgan fingerprint density at radius 1 is 1.60 bits per heavy atom. The normalized spacial score (nSPS) is 11.8. The molecule has 80 valence electrons. The molecule has 4 heteroatoms. The first kappa shape index (κ1) is 11.5. The molecule has 0 saturated carbocycles. The number of hydrogen-bond acceptors (Lipinski definition) is 4. The van der Waals surface area contributed by atoms with E-state index in [1.807, 2.05) is 13.0 Å². The monoisotopic (exact) mass is 205 g/mol. The van der Waals surface area contributed by atoms with Crippen LogP contribution in [0.25, 0.3) is 0 Å². The van der Waals surface area contributed by atoms with E-state index in [1.165, 1.54) is 6.20 Å². The fourth-order valence-corrected chi connectivity index (χ4v) is 1.14. The van der Waals surface area contributed by atoms with Gasteiger partial charge in [0.15, 0.2) is 0 Å². The highest BCUT2D eigenvalue weighted by molar-refractivity contribution is 5.38. The van der Waals surface area contributed by atoms with Crippen molar-refractivity contribution in [1.82, 2.24) is 4.98 Å². The summed E-state index contributed by atoms with van der Waals surface area (Å²) in [5.74, 6) is 0.734. The Morgan fingerprint density at radius 2 is 2.40 bits per heavy atom. The van der Waals surface area contributed by atoms with Gasteiger partial charge in [-0.05, 0) is 25.0 Å². The van der Waals surface area contributed by atoms with Gasteiger partial charge in [-0.15, -0.1) is 0 Å². The Hall–Kier alpha value is -1.60. The second kappa shape index (κ2) is 5.99. The lowest BCUT2D eigenvalue weighted by Gasteiger charge is -2.08. The Labute approximate surface area is 89.6 Å². The number of aliphatic hydroxyl groups is 1. The summed E-state index contributed by atoms with van der Waals surface area (Å²) >= 11 is 0. The van der Waals surface area contributed by atoms with Crippen molar-refractivity contribution in [2.24, 2.45) is 0 Å². The number of aromatic nitrogens is 1. The van der Waals surface area contributed by atoms with E-state index in [-0.39, 0.29) is 6.10 Å². The molecule has 0 fully saturated rings. The van der Waals surface area contributed by atoms with Crippen LogP contribution < -0.4 is 5.32 Å². The number of nitriles is 1. The van der Waals surface area contributed by atoms with Crippen molar-refractivity contribution in [3.8, 4) is 6.07 Å². The molecule has 1 unspecified atom stereocenters. The molecule has 1 aromatic rings. The molecule has 1 heterocycles. The minimum Gasteiger partial charge on any atom is -0.393 e. The van der Waals surface area contributed by atoms with Gasteiger partial charge in [0.05, 0.1) is 11.7 Å². The number of pyridine rings is 1. The van der Waals surface area contributed by atoms with Crippen LogP contribution in [0.15, 0.2) is 18.3 Å². The van der Waals surface area contributed by atoms with Gasteiger partial charge in [-0.1, -0.05) is 6.92 Å². The third-order valence-electron chi connectivity index (χ3n) is 2.15. The molecule has 0 aliphatic heterocycles. The van der Waals surface area contributed by atoms with E-state index in [1.54, 1.807) is 12.1 Å². The van der Waals surface area contributed by atoms with Crippen LogP contribution in [0.4, 0.5) is 5.82 Å². The van der Waals surface area contributed by atoms with Gasteiger partial charge in [-0.2, -0.15) is 5.26 Å². The van der Waals surface area contributed by atoms with E-state index in [2.05, 4.69) is 10.3 Å². The Balaban J connectivity index is 2.35. The van der Waals surface area contributed by atoms with Crippen LogP contribution in [0.3, 0.4) is 0 Å². The maximum absolute atomic E-state index is 9.31. The molecule has 0 radical (unpaired) electrons. The summed E-state index contributed by atoms with van der Waals surface area (Å²) in [6.45, 7) is 2.64. The van der Waals surface area contributed by atoms with Gasteiger partial charge in [0.1, 0.15) is 11.9 Å². The van der Waals surface area contributed by atoms with Gasteiger partial charge < -0.3 is 10.4 Å². The molecule has 4 nitrogen and oxygen atoms in total. The summed E-state index contributed by atoms with van der Waals surface area (Å²) in [5, 5.41) is 21.0. The maximum Gasteiger partial charge on any atom is 0.125 e. The number of hydrogen-bond donors (Lipinski definition) is 2. The van der Waals surface area contributed by atoms with Crippen LogP contribution in [0.1, 0.15) is 25.3 Å². The zero-order chi connectivity index (χ0) is 11.1. The van der Waals surface area contributed by atoms with E-state index in [0.29, 0.717) is 18.5 Å². The first-order chi connectivity index (χ1) is 7.26. The lowest BCUT2D eigenvalue weighted by Crippen LogP contribution is -2.12. The fourth-order valence-electron chi connectivity index (χ4n) is 1.14. The second-order valence-electron chi connectivity index (χ2n) is 3.32. The highest BCUT2D eigenvalue weighted by Crippen LogP contribution is 2.04. The van der Waals surface area contributed by atoms with Crippen LogP contribution >= 0.6 is 0 Å². The van der Waals surface area contributed by atoms with E-state index >= 15 is 0 Å². The van der Waals surface area contributed by atoms with E-state index in [4.69, 9.17) is 5.26 Å². The third kappa shape index (κ3) is 3.96. The van der Waals surface area contributed by atoms with Gasteiger partial charge in [0.25, 0.3) is 0 Å². The quantitative estimate of drug-likeness (QED) is 0.764. The Morgan fingerprint density at radius 3 is 2.93 bits per heavy atom. The van der Waals surface area contributed by atoms with Gasteiger partial charge in [-0.3, -0.25) is 0 Å². The highest BCUT2D eigenvalue weighted by atomic mass is 16.3. The maximum atomic E-state index is 9.31. The van der Waals surface area contributed by atoms with Crippen molar-refractivity contribution in [2.75, 3.05) is 11.9 Å². The summed E-state index contributed by atoms with van der Waals surface area (Å²) in [6.07, 6.45) is 2.75. The predicted molar refractivity (Wildman–Crippen MR) is 58.4 cm³/mol. The minimum absolute atomic E-state index is 0.254. The van der Waals surface area contributed by atoms with Gasteiger partial charge >= 0.3 is 0 Å². The first-order valence-electron chi connectivity index (χ1n) is 5.04. The van der Waals surface area contributed by atoms with E-state index in [0.717, 1.165) is 12.2 Å². The SMILES string of the molecule is CCC(O)CCNc1ccc(C#N)cn1. The lowest BCUT2D eigenvalue weighted by molar-refractivity contribution is 0.164. The molecule has 0 bridgehead atoms. The molecule has 1 atom stereocenters. The van der Waals surface area contributed by atoms with Crippen molar-refractivity contribution >= 4 is 5.82 Å². The van der Waals surface area contributed by atoms with Crippen molar-refractivity contribution in [3.05, 3.63) is 23.9 Å². The van der Waals surface area contributed by atoms with Crippen LogP contribution in [-0.2, 0) is 0 Å². The van der Waals surface area contributed by atoms with Crippen LogP contribution in [-0.4, -0.2) is 22.7 Å². The summed E-state index contributed by atoms with van der Waals surface area (Å²) < 4.78 is 0. The number of nitrogens with one attached hydrogen (secondary N) is 1. The van der Waals surface area contributed by atoms with Crippen molar-refractivity contribution in [3.63, 3.8) is 0 Å². The standard InChI is InChI=1S/C11H15N3O/c1-2-10(15)5-6-13-11-4-3-9(7-12)8-14-11/h3-4,8,10,15H,2,5-6H2,1H3,(H,13,14). The first-order valence-corrected chi connectivity index (χ1v) is 5.04. The topological polar surface area (TPSA) is 68.9 Å². The predicted octanol–water partition coefficient (Wildman–Crippen LogP) is 1.53. The molecular weight excluding hydrogens is 190 g/mol. The Bertz CT molecular complexity index is 329. The highest BCUT2D eigenvalue weighted by Gasteiger charge is 2.00. The van der Waals surface area contributed by atoms with Crippen molar-refractivity contribution < 1.29 is 5.11 Å². The average Bonchev–Trinajstić information content (AvgIpc) is 2.29. The molecule has 2 N–H and O–H groups in total. The molecule has 0 spiro atoms. The number of aliphatic hydroxyl groups excluding tert-OH is 1. The van der Waals surface area contributed by atoms with Gasteiger partial charge in [0, 0.05) is 12.7 Å².